The van der Waals surface area contributed by atoms with Gasteiger partial charge in [-0.05, 0) is 23.3 Å². The second-order valence-corrected chi connectivity index (χ2v) is 9.00. The zero-order valence-electron chi connectivity index (χ0n) is 17.1. The number of benzene rings is 2. The monoisotopic (exact) mass is 496 g/mol. The molecule has 7 nitrogen and oxygen atoms in total. The molecule has 8 heteroatoms. The molecule has 5 rings (SSSR count). The van der Waals surface area contributed by atoms with Gasteiger partial charge in [-0.15, -0.1) is 0 Å². The van der Waals surface area contributed by atoms with E-state index >= 15 is 0 Å². The van der Waals surface area contributed by atoms with E-state index in [1.165, 1.54) is 19.5 Å². The largest absolute Gasteiger partial charge is 0.495 e. The fourth-order valence-electron chi connectivity index (χ4n) is 5.41. The van der Waals surface area contributed by atoms with Gasteiger partial charge in [0.2, 0.25) is 5.91 Å². The van der Waals surface area contributed by atoms with E-state index in [1.54, 1.807) is 12.1 Å². The van der Waals surface area contributed by atoms with Crippen molar-refractivity contribution in [3.63, 3.8) is 0 Å². The first kappa shape index (κ1) is 20.9. The summed E-state index contributed by atoms with van der Waals surface area (Å²) in [5.74, 6) is -2.13. The second-order valence-electron chi connectivity index (χ2n) is 8.09. The third-order valence-corrected chi connectivity index (χ3v) is 7.17. The first-order valence-electron chi connectivity index (χ1n) is 10.1. The minimum atomic E-state index is -2.04. The summed E-state index contributed by atoms with van der Waals surface area (Å²) in [5.41, 5.74) is 3.74. The van der Waals surface area contributed by atoms with Crippen LogP contribution in [0.2, 0.25) is 0 Å². The third-order valence-electron chi connectivity index (χ3n) is 6.64. The highest BCUT2D eigenvalue weighted by molar-refractivity contribution is 9.10. The van der Waals surface area contributed by atoms with Gasteiger partial charge < -0.3 is 25.4 Å². The number of carbonyl (C=O) groups excluding carboxylic acids is 1. The molecule has 0 bridgehead atoms. The summed E-state index contributed by atoms with van der Waals surface area (Å²) in [5, 5.41) is 23.9. The molecule has 1 fully saturated rings. The Balaban J connectivity index is 1.89. The normalized spacial score (nSPS) is 30.3. The fraction of sp³-hybridized carbons (Fsp3) is 0.250. The van der Waals surface area contributed by atoms with Gasteiger partial charge in [-0.1, -0.05) is 58.4 Å². The van der Waals surface area contributed by atoms with E-state index in [9.17, 15) is 15.0 Å². The number of carbonyl (C=O) groups is 1. The number of nitrogens with two attached hydrogens (primary N) is 1. The Labute approximate surface area is 192 Å². The first-order chi connectivity index (χ1) is 15.4. The van der Waals surface area contributed by atoms with Gasteiger partial charge in [0.05, 0.1) is 31.0 Å². The highest BCUT2D eigenvalue weighted by atomic mass is 79.9. The molecule has 0 spiro atoms. The molecular formula is C24H21BrN2O5. The topological polar surface area (TPSA) is 115 Å². The molecular weight excluding hydrogens is 476 g/mol. The van der Waals surface area contributed by atoms with Gasteiger partial charge in [0, 0.05) is 10.4 Å². The molecule has 5 atom stereocenters. The maximum absolute atomic E-state index is 12.7. The van der Waals surface area contributed by atoms with Gasteiger partial charge in [-0.3, -0.25) is 9.78 Å². The number of halogens is 1. The van der Waals surface area contributed by atoms with Crippen LogP contribution in [0.1, 0.15) is 22.6 Å². The summed E-state index contributed by atoms with van der Waals surface area (Å²) in [4.78, 5) is 16.9. The second kappa shape index (κ2) is 7.30. The van der Waals surface area contributed by atoms with Crippen molar-refractivity contribution in [2.24, 2.45) is 11.7 Å². The summed E-state index contributed by atoms with van der Waals surface area (Å²) < 4.78 is 12.8. The third kappa shape index (κ3) is 2.54. The highest BCUT2D eigenvalue weighted by Gasteiger charge is 2.77. The number of aliphatic hydroxyl groups is 2. The molecule has 0 saturated heterocycles. The van der Waals surface area contributed by atoms with E-state index in [-0.39, 0.29) is 17.1 Å². The lowest BCUT2D eigenvalue weighted by Gasteiger charge is -2.40. The zero-order chi connectivity index (χ0) is 22.7. The SMILES string of the molecule is COc1cncc2c1[C@]1(O)[C@H](O)C(C(N)=O)C(c3ccccc3)[C@]1(c1ccc(Br)cc1)O2. The number of hydrogen-bond donors (Lipinski definition) is 3. The van der Waals surface area contributed by atoms with Gasteiger partial charge in [-0.25, -0.2) is 0 Å². The molecule has 1 saturated carbocycles. The van der Waals surface area contributed by atoms with Crippen LogP contribution in [-0.4, -0.2) is 34.3 Å². The number of rotatable bonds is 4. The summed E-state index contributed by atoms with van der Waals surface area (Å²) in [6.07, 6.45) is 1.36. The summed E-state index contributed by atoms with van der Waals surface area (Å²) in [6.45, 7) is 0. The molecule has 164 valence electrons. The lowest BCUT2D eigenvalue weighted by molar-refractivity contribution is -0.154. The van der Waals surface area contributed by atoms with Crippen LogP contribution in [0.15, 0.2) is 71.5 Å². The lowest BCUT2D eigenvalue weighted by Crippen LogP contribution is -2.52. The van der Waals surface area contributed by atoms with Gasteiger partial charge in [0.1, 0.15) is 17.6 Å². The molecule has 1 amide bonds. The zero-order valence-corrected chi connectivity index (χ0v) is 18.7. The fourth-order valence-corrected chi connectivity index (χ4v) is 5.67. The van der Waals surface area contributed by atoms with E-state index in [4.69, 9.17) is 15.2 Å². The lowest BCUT2D eigenvalue weighted by atomic mass is 9.70. The van der Waals surface area contributed by atoms with E-state index in [1.807, 2.05) is 42.5 Å². The van der Waals surface area contributed by atoms with Crippen LogP contribution < -0.4 is 15.2 Å². The van der Waals surface area contributed by atoms with Crippen LogP contribution in [-0.2, 0) is 16.0 Å². The van der Waals surface area contributed by atoms with Crippen LogP contribution in [0, 0.1) is 5.92 Å². The van der Waals surface area contributed by atoms with Crippen molar-refractivity contribution in [1.82, 2.24) is 4.98 Å². The van der Waals surface area contributed by atoms with E-state index in [0.29, 0.717) is 11.1 Å². The number of methoxy groups -OCH3 is 1. The molecule has 1 aliphatic heterocycles. The Morgan fingerprint density at radius 2 is 1.84 bits per heavy atom. The molecule has 2 heterocycles. The smallest absolute Gasteiger partial charge is 0.224 e. The highest BCUT2D eigenvalue weighted by Crippen LogP contribution is 2.69. The molecule has 1 aliphatic carbocycles. The van der Waals surface area contributed by atoms with Crippen LogP contribution >= 0.6 is 15.9 Å². The van der Waals surface area contributed by atoms with Crippen LogP contribution in [0.4, 0.5) is 0 Å². The predicted molar refractivity (Wildman–Crippen MR) is 119 cm³/mol. The maximum Gasteiger partial charge on any atom is 0.224 e. The number of amides is 1. The summed E-state index contributed by atoms with van der Waals surface area (Å²) in [7, 11) is 1.45. The van der Waals surface area contributed by atoms with Gasteiger partial charge in [0.25, 0.3) is 0 Å². The van der Waals surface area contributed by atoms with Crippen molar-refractivity contribution >= 4 is 21.8 Å². The summed E-state index contributed by atoms with van der Waals surface area (Å²) in [6, 6.07) is 16.4. The molecule has 4 N–H and O–H groups in total. The standard InChI is InChI=1S/C24H21BrN2O5/c1-31-16-11-27-12-17-20(16)23(30)21(28)18(22(26)29)19(13-5-3-2-4-6-13)24(23,32-17)14-7-9-15(25)10-8-14/h2-12,18-19,21,28,30H,1H3,(H2,26,29)/t18?,19?,21-,23+,24+/m1/s1. The Kier molecular flexibility index (Phi) is 4.77. The van der Waals surface area contributed by atoms with Crippen molar-refractivity contribution in [3.05, 3.63) is 88.2 Å². The molecule has 2 aromatic carbocycles. The number of aliphatic hydroxyl groups excluding tert-OH is 1. The van der Waals surface area contributed by atoms with Gasteiger partial charge >= 0.3 is 0 Å². The molecule has 2 unspecified atom stereocenters. The molecule has 0 radical (unpaired) electrons. The molecule has 32 heavy (non-hydrogen) atoms. The van der Waals surface area contributed by atoms with Crippen molar-refractivity contribution < 1.29 is 24.5 Å². The van der Waals surface area contributed by atoms with Crippen LogP contribution in [0.5, 0.6) is 11.5 Å². The Hall–Kier alpha value is -2.94. The van der Waals surface area contributed by atoms with Crippen LogP contribution in [0.25, 0.3) is 0 Å². The average Bonchev–Trinajstić information content (AvgIpc) is 3.18. The van der Waals surface area contributed by atoms with Gasteiger partial charge in [-0.2, -0.15) is 0 Å². The molecule has 1 aromatic heterocycles. The number of fused-ring (bicyclic) bond motifs is 3. The van der Waals surface area contributed by atoms with Crippen molar-refractivity contribution in [2.75, 3.05) is 7.11 Å². The molecule has 2 aliphatic rings. The van der Waals surface area contributed by atoms with Crippen molar-refractivity contribution in [1.29, 1.82) is 0 Å². The Morgan fingerprint density at radius 3 is 2.47 bits per heavy atom. The van der Waals surface area contributed by atoms with Crippen molar-refractivity contribution in [2.45, 2.75) is 23.2 Å². The minimum absolute atomic E-state index is 0.245. The summed E-state index contributed by atoms with van der Waals surface area (Å²) >= 11 is 3.44. The average molecular weight is 497 g/mol. The predicted octanol–water partition coefficient (Wildman–Crippen LogP) is 2.59. The van der Waals surface area contributed by atoms with E-state index in [2.05, 4.69) is 20.9 Å². The maximum atomic E-state index is 12.7. The van der Waals surface area contributed by atoms with E-state index < -0.39 is 35.0 Å². The number of hydrogen-bond acceptors (Lipinski definition) is 6. The number of ether oxygens (including phenoxy) is 2. The number of pyridine rings is 1. The quantitative estimate of drug-likeness (QED) is 0.511. The minimum Gasteiger partial charge on any atom is -0.495 e. The molecule has 3 aromatic rings. The number of aromatic nitrogens is 1. The van der Waals surface area contributed by atoms with E-state index in [0.717, 1.165) is 4.47 Å². The van der Waals surface area contributed by atoms with Crippen LogP contribution in [0.3, 0.4) is 0 Å². The number of nitrogens with zero attached hydrogens (tertiary/aromatic N) is 1. The Bertz CT molecular complexity index is 1190. The number of primary amides is 1. The first-order valence-corrected chi connectivity index (χ1v) is 10.9. The van der Waals surface area contributed by atoms with Crippen molar-refractivity contribution in [3.8, 4) is 11.5 Å². The Morgan fingerprint density at radius 1 is 1.16 bits per heavy atom. The van der Waals surface area contributed by atoms with Gasteiger partial charge in [0.15, 0.2) is 11.2 Å².